The van der Waals surface area contributed by atoms with Gasteiger partial charge in [-0.2, -0.15) is 0 Å². The number of carbonyl (C=O) groups excluding carboxylic acids is 1. The smallest absolute Gasteiger partial charge is 0.339 e. The van der Waals surface area contributed by atoms with Crippen LogP contribution in [-0.2, 0) is 4.79 Å². The molecule has 0 heterocycles. The van der Waals surface area contributed by atoms with Crippen molar-refractivity contribution >= 4 is 27.8 Å². The van der Waals surface area contributed by atoms with E-state index in [1.54, 1.807) is 6.07 Å². The van der Waals surface area contributed by atoms with Crippen LogP contribution in [0.5, 0.6) is 5.75 Å². The molecule has 0 fully saturated rings. The Morgan fingerprint density at radius 1 is 1.40 bits per heavy atom. The number of aromatic carboxylic acids is 1. The average Bonchev–Trinajstić information content (AvgIpc) is 2.35. The molecule has 0 bridgehead atoms. The van der Waals surface area contributed by atoms with Gasteiger partial charge in [0.2, 0.25) is 0 Å². The third kappa shape index (κ3) is 5.61. The van der Waals surface area contributed by atoms with E-state index in [4.69, 9.17) is 9.84 Å². The van der Waals surface area contributed by atoms with Crippen molar-refractivity contribution in [2.45, 2.75) is 20.3 Å². The van der Waals surface area contributed by atoms with Crippen LogP contribution in [0.1, 0.15) is 30.6 Å². The molecule has 0 aliphatic rings. The standard InChI is InChI=1S/C14H18BrNO4/c1-9(2)5-6-16-13(17)8-20-12-7-10(15)3-4-11(12)14(18)19/h3-4,7,9H,5-6,8H2,1-2H3,(H,16,17)(H,18,19). The number of amides is 1. The molecule has 0 unspecified atom stereocenters. The summed E-state index contributed by atoms with van der Waals surface area (Å²) < 4.78 is 5.97. The summed E-state index contributed by atoms with van der Waals surface area (Å²) in [6.45, 7) is 4.53. The first kappa shape index (κ1) is 16.5. The minimum Gasteiger partial charge on any atom is -0.483 e. The van der Waals surface area contributed by atoms with Crippen LogP contribution in [-0.4, -0.2) is 30.1 Å². The van der Waals surface area contributed by atoms with E-state index in [0.717, 1.165) is 6.42 Å². The Labute approximate surface area is 126 Å². The van der Waals surface area contributed by atoms with Crippen LogP contribution >= 0.6 is 15.9 Å². The van der Waals surface area contributed by atoms with Crippen molar-refractivity contribution in [3.05, 3.63) is 28.2 Å². The zero-order chi connectivity index (χ0) is 15.1. The van der Waals surface area contributed by atoms with Crippen molar-refractivity contribution in [1.82, 2.24) is 5.32 Å². The third-order valence-corrected chi connectivity index (χ3v) is 3.07. The molecule has 0 atom stereocenters. The molecule has 2 N–H and O–H groups in total. The lowest BCUT2D eigenvalue weighted by molar-refractivity contribution is -0.123. The van der Waals surface area contributed by atoms with E-state index < -0.39 is 5.97 Å². The molecule has 1 rings (SSSR count). The summed E-state index contributed by atoms with van der Waals surface area (Å²) in [5.41, 5.74) is 0.0307. The van der Waals surface area contributed by atoms with Crippen molar-refractivity contribution in [2.24, 2.45) is 5.92 Å². The fourth-order valence-electron chi connectivity index (χ4n) is 1.49. The summed E-state index contributed by atoms with van der Waals surface area (Å²) >= 11 is 3.24. The van der Waals surface area contributed by atoms with Gasteiger partial charge >= 0.3 is 5.97 Å². The van der Waals surface area contributed by atoms with Gasteiger partial charge in [0.15, 0.2) is 6.61 Å². The highest BCUT2D eigenvalue weighted by atomic mass is 79.9. The average molecular weight is 344 g/mol. The van der Waals surface area contributed by atoms with E-state index in [9.17, 15) is 9.59 Å². The molecule has 5 nitrogen and oxygen atoms in total. The maximum Gasteiger partial charge on any atom is 0.339 e. The highest BCUT2D eigenvalue weighted by Crippen LogP contribution is 2.23. The largest absolute Gasteiger partial charge is 0.483 e. The van der Waals surface area contributed by atoms with E-state index in [-0.39, 0.29) is 23.8 Å². The number of rotatable bonds is 7. The van der Waals surface area contributed by atoms with Gasteiger partial charge in [0, 0.05) is 11.0 Å². The van der Waals surface area contributed by atoms with Crippen molar-refractivity contribution in [1.29, 1.82) is 0 Å². The predicted octanol–water partition coefficient (Wildman–Crippen LogP) is 2.69. The molecule has 110 valence electrons. The van der Waals surface area contributed by atoms with Crippen molar-refractivity contribution in [3.63, 3.8) is 0 Å². The topological polar surface area (TPSA) is 75.6 Å². The van der Waals surface area contributed by atoms with Gasteiger partial charge < -0.3 is 15.2 Å². The molecule has 0 aliphatic carbocycles. The summed E-state index contributed by atoms with van der Waals surface area (Å²) in [5.74, 6) is -0.666. The fraction of sp³-hybridized carbons (Fsp3) is 0.429. The Morgan fingerprint density at radius 2 is 2.10 bits per heavy atom. The van der Waals surface area contributed by atoms with Gasteiger partial charge in [-0.05, 0) is 30.5 Å². The summed E-state index contributed by atoms with van der Waals surface area (Å²) in [4.78, 5) is 22.6. The summed E-state index contributed by atoms with van der Waals surface area (Å²) in [7, 11) is 0. The van der Waals surface area contributed by atoms with Gasteiger partial charge in [0.05, 0.1) is 0 Å². The van der Waals surface area contributed by atoms with E-state index in [0.29, 0.717) is 16.9 Å². The molecule has 0 aliphatic heterocycles. The molecule has 0 aromatic heterocycles. The minimum atomic E-state index is -1.09. The Morgan fingerprint density at radius 3 is 2.70 bits per heavy atom. The number of carboxylic acids is 1. The molecular weight excluding hydrogens is 326 g/mol. The Hall–Kier alpha value is -1.56. The number of benzene rings is 1. The second-order valence-corrected chi connectivity index (χ2v) is 5.68. The highest BCUT2D eigenvalue weighted by Gasteiger charge is 2.13. The van der Waals surface area contributed by atoms with Crippen LogP contribution in [0, 0.1) is 5.92 Å². The van der Waals surface area contributed by atoms with Crippen LogP contribution in [0.15, 0.2) is 22.7 Å². The first-order chi connectivity index (χ1) is 9.40. The molecule has 0 saturated carbocycles. The maximum absolute atomic E-state index is 11.6. The maximum atomic E-state index is 11.6. The molecule has 0 radical (unpaired) electrons. The number of ether oxygens (including phenoxy) is 1. The third-order valence-electron chi connectivity index (χ3n) is 2.58. The Balaban J connectivity index is 2.54. The van der Waals surface area contributed by atoms with Gasteiger partial charge in [-0.25, -0.2) is 4.79 Å². The minimum absolute atomic E-state index is 0.0307. The van der Waals surface area contributed by atoms with Crippen molar-refractivity contribution in [2.75, 3.05) is 13.2 Å². The summed E-state index contributed by atoms with van der Waals surface area (Å²) in [6, 6.07) is 4.57. The lowest BCUT2D eigenvalue weighted by Crippen LogP contribution is -2.30. The number of hydrogen-bond donors (Lipinski definition) is 2. The Bertz CT molecular complexity index is 488. The van der Waals surface area contributed by atoms with Crippen LogP contribution in [0.3, 0.4) is 0 Å². The van der Waals surface area contributed by atoms with Gasteiger partial charge in [-0.1, -0.05) is 29.8 Å². The lowest BCUT2D eigenvalue weighted by atomic mass is 10.1. The van der Waals surface area contributed by atoms with Crippen molar-refractivity contribution in [3.8, 4) is 5.75 Å². The van der Waals surface area contributed by atoms with Crippen LogP contribution in [0.4, 0.5) is 0 Å². The molecule has 1 amide bonds. The zero-order valence-corrected chi connectivity index (χ0v) is 13.1. The molecule has 0 spiro atoms. The summed E-state index contributed by atoms with van der Waals surface area (Å²) in [5, 5.41) is 11.8. The molecular formula is C14H18BrNO4. The van der Waals surface area contributed by atoms with Gasteiger partial charge in [-0.3, -0.25) is 4.79 Å². The van der Waals surface area contributed by atoms with Gasteiger partial charge in [0.25, 0.3) is 5.91 Å². The van der Waals surface area contributed by atoms with Gasteiger partial charge in [0.1, 0.15) is 11.3 Å². The fourth-order valence-corrected chi connectivity index (χ4v) is 1.83. The number of carboxylic acid groups (broad SMARTS) is 1. The second-order valence-electron chi connectivity index (χ2n) is 4.77. The second kappa shape index (κ2) is 7.89. The van der Waals surface area contributed by atoms with E-state index in [1.807, 2.05) is 0 Å². The van der Waals surface area contributed by atoms with E-state index in [2.05, 4.69) is 35.1 Å². The monoisotopic (exact) mass is 343 g/mol. The predicted molar refractivity (Wildman–Crippen MR) is 79.1 cm³/mol. The first-order valence-corrected chi connectivity index (χ1v) is 7.11. The van der Waals surface area contributed by atoms with Crippen LogP contribution in [0.25, 0.3) is 0 Å². The number of carbonyl (C=O) groups is 2. The first-order valence-electron chi connectivity index (χ1n) is 6.32. The lowest BCUT2D eigenvalue weighted by Gasteiger charge is -2.10. The zero-order valence-electron chi connectivity index (χ0n) is 11.5. The van der Waals surface area contributed by atoms with Gasteiger partial charge in [-0.15, -0.1) is 0 Å². The molecule has 1 aromatic carbocycles. The number of halogens is 1. The normalized spacial score (nSPS) is 10.4. The highest BCUT2D eigenvalue weighted by molar-refractivity contribution is 9.10. The summed E-state index contributed by atoms with van der Waals surface area (Å²) in [6.07, 6.45) is 0.892. The number of hydrogen-bond acceptors (Lipinski definition) is 3. The van der Waals surface area contributed by atoms with Crippen LogP contribution < -0.4 is 10.1 Å². The molecule has 0 saturated heterocycles. The molecule has 20 heavy (non-hydrogen) atoms. The molecule has 1 aromatic rings. The van der Waals surface area contributed by atoms with Crippen molar-refractivity contribution < 1.29 is 19.4 Å². The quantitative estimate of drug-likeness (QED) is 0.797. The SMILES string of the molecule is CC(C)CCNC(=O)COc1cc(Br)ccc1C(=O)O. The van der Waals surface area contributed by atoms with Crippen LogP contribution in [0.2, 0.25) is 0 Å². The number of nitrogens with one attached hydrogen (secondary N) is 1. The van der Waals surface area contributed by atoms with E-state index in [1.165, 1.54) is 12.1 Å². The Kier molecular flexibility index (Phi) is 6.51. The molecule has 6 heteroatoms. The van der Waals surface area contributed by atoms with E-state index >= 15 is 0 Å².